The molecule has 1 aromatic rings. The second-order valence-electron chi connectivity index (χ2n) is 5.74. The molecule has 0 saturated heterocycles. The number of rotatable bonds is 3. The molecule has 0 radical (unpaired) electrons. The van der Waals surface area contributed by atoms with Crippen LogP contribution in [-0.4, -0.2) is 17.3 Å². The van der Waals surface area contributed by atoms with Gasteiger partial charge in [-0.1, -0.05) is 50.3 Å². The van der Waals surface area contributed by atoms with Crippen LogP contribution in [0.3, 0.4) is 0 Å². The van der Waals surface area contributed by atoms with Crippen LogP contribution in [0.15, 0.2) is 47.1 Å². The number of hydrazone groups is 1. The highest BCUT2D eigenvalue weighted by atomic mass is 16.9. The van der Waals surface area contributed by atoms with Gasteiger partial charge in [-0.15, -0.1) is 5.10 Å². The molecule has 2 rings (SSSR count). The SMILES string of the molecule is CC1C=C(/C=[NH+]/N=C(N)N)C(c2ccccc2)CC1C.O=[N+]([O-])[O-]. The molecule has 1 aliphatic carbocycles. The Hall–Kier alpha value is -2.90. The number of nitrogens with two attached hydrogens (primary N) is 2. The molecule has 0 heterocycles. The Morgan fingerprint density at radius 1 is 1.29 bits per heavy atom. The number of nitrogens with one attached hydrogen (secondary N) is 1. The third-order valence-corrected chi connectivity index (χ3v) is 3.99. The van der Waals surface area contributed by atoms with Gasteiger partial charge in [0.15, 0.2) is 6.21 Å². The van der Waals surface area contributed by atoms with Crippen LogP contribution in [0.2, 0.25) is 0 Å². The largest absolute Gasteiger partial charge is 0.365 e. The summed E-state index contributed by atoms with van der Waals surface area (Å²) in [5.41, 5.74) is 13.2. The molecule has 0 fully saturated rings. The average molecular weight is 333 g/mol. The van der Waals surface area contributed by atoms with Crippen LogP contribution in [0.4, 0.5) is 0 Å². The molecule has 0 bridgehead atoms. The molecule has 130 valence electrons. The van der Waals surface area contributed by atoms with Crippen molar-refractivity contribution in [1.82, 2.24) is 0 Å². The first-order valence-electron chi connectivity index (χ1n) is 7.56. The van der Waals surface area contributed by atoms with Gasteiger partial charge in [0.2, 0.25) is 0 Å². The fraction of sp³-hybridized carbons (Fsp3) is 0.375. The van der Waals surface area contributed by atoms with Crippen molar-refractivity contribution >= 4 is 12.2 Å². The minimum absolute atomic E-state index is 0.0373. The van der Waals surface area contributed by atoms with Gasteiger partial charge in [0, 0.05) is 16.6 Å². The van der Waals surface area contributed by atoms with E-state index < -0.39 is 5.09 Å². The smallest absolute Gasteiger partial charge is 0.256 e. The Labute approximate surface area is 140 Å². The second-order valence-corrected chi connectivity index (χ2v) is 5.74. The lowest BCUT2D eigenvalue weighted by Crippen LogP contribution is -2.64. The number of nitrogens with zero attached hydrogens (tertiary/aromatic N) is 2. The minimum atomic E-state index is -1.75. The molecular weight excluding hydrogens is 310 g/mol. The minimum Gasteiger partial charge on any atom is -0.365 e. The molecule has 0 aromatic heterocycles. The summed E-state index contributed by atoms with van der Waals surface area (Å²) in [6.07, 6.45) is 5.35. The zero-order chi connectivity index (χ0) is 18.1. The van der Waals surface area contributed by atoms with Crippen molar-refractivity contribution in [3.8, 4) is 0 Å². The standard InChI is InChI=1S/C16H22N4.NO3/c1-11-8-14(10-19-20-16(17)18)15(9-12(11)2)13-6-4-3-5-7-13;2-1(3)4/h3-8,10-12,15H,9H2,1-2H3,(H4,17,18,20);/q;-1/p+1/b19-10+;. The summed E-state index contributed by atoms with van der Waals surface area (Å²) in [6, 6.07) is 10.6. The first-order valence-corrected chi connectivity index (χ1v) is 7.56. The molecule has 5 N–H and O–H groups in total. The van der Waals surface area contributed by atoms with Gasteiger partial charge in [-0.05, 0) is 23.8 Å². The number of benzene rings is 1. The van der Waals surface area contributed by atoms with E-state index in [1.165, 1.54) is 11.1 Å². The summed E-state index contributed by atoms with van der Waals surface area (Å²) < 4.78 is 0. The Kier molecular flexibility index (Phi) is 7.41. The van der Waals surface area contributed by atoms with E-state index >= 15 is 0 Å². The summed E-state index contributed by atoms with van der Waals surface area (Å²) >= 11 is 0. The third-order valence-electron chi connectivity index (χ3n) is 3.99. The highest BCUT2D eigenvalue weighted by Crippen LogP contribution is 2.38. The molecular formula is C16H23N5O3. The first-order chi connectivity index (χ1) is 11.3. The molecule has 8 nitrogen and oxygen atoms in total. The molecule has 0 amide bonds. The zero-order valence-corrected chi connectivity index (χ0v) is 13.8. The lowest BCUT2D eigenvalue weighted by atomic mass is 9.74. The number of allylic oxidation sites excluding steroid dienone is 2. The predicted molar refractivity (Wildman–Crippen MR) is 93.4 cm³/mol. The third kappa shape index (κ3) is 6.47. The Balaban J connectivity index is 0.000000648. The lowest BCUT2D eigenvalue weighted by molar-refractivity contribution is -0.456. The molecule has 1 aromatic carbocycles. The molecule has 0 spiro atoms. The van der Waals surface area contributed by atoms with Crippen LogP contribution in [0.5, 0.6) is 0 Å². The van der Waals surface area contributed by atoms with Crippen LogP contribution in [0.1, 0.15) is 31.7 Å². The Morgan fingerprint density at radius 2 is 1.88 bits per heavy atom. The molecule has 0 aliphatic heterocycles. The van der Waals surface area contributed by atoms with Crippen molar-refractivity contribution in [2.24, 2.45) is 28.4 Å². The van der Waals surface area contributed by atoms with Crippen LogP contribution >= 0.6 is 0 Å². The highest BCUT2D eigenvalue weighted by Gasteiger charge is 2.27. The summed E-state index contributed by atoms with van der Waals surface area (Å²) in [5.74, 6) is 1.65. The van der Waals surface area contributed by atoms with Gasteiger partial charge >= 0.3 is 0 Å². The lowest BCUT2D eigenvalue weighted by Gasteiger charge is -2.29. The molecule has 24 heavy (non-hydrogen) atoms. The molecule has 3 unspecified atom stereocenters. The van der Waals surface area contributed by atoms with Gasteiger partial charge in [-0.2, -0.15) is 0 Å². The topological polar surface area (TPSA) is 145 Å². The Bertz CT molecular complexity index is 620. The van der Waals surface area contributed by atoms with Crippen molar-refractivity contribution < 1.29 is 10.2 Å². The van der Waals surface area contributed by atoms with E-state index in [0.717, 1.165) is 6.42 Å². The molecule has 3 atom stereocenters. The first kappa shape index (κ1) is 19.1. The number of hydrogen-bond donors (Lipinski definition) is 3. The van der Waals surface area contributed by atoms with Crippen LogP contribution in [0, 0.1) is 27.2 Å². The monoisotopic (exact) mass is 333 g/mol. The van der Waals surface area contributed by atoms with E-state index in [9.17, 15) is 0 Å². The van der Waals surface area contributed by atoms with Gasteiger partial charge < -0.3 is 26.8 Å². The number of guanidine groups is 1. The van der Waals surface area contributed by atoms with Crippen LogP contribution in [0.25, 0.3) is 0 Å². The van der Waals surface area contributed by atoms with Crippen molar-refractivity contribution in [3.05, 3.63) is 62.9 Å². The molecule has 0 saturated carbocycles. The quantitative estimate of drug-likeness (QED) is 0.319. The fourth-order valence-electron chi connectivity index (χ4n) is 2.65. The van der Waals surface area contributed by atoms with Gasteiger partial charge in [-0.3, -0.25) is 0 Å². The van der Waals surface area contributed by atoms with Crippen molar-refractivity contribution in [3.63, 3.8) is 0 Å². The molecule has 1 aliphatic rings. The summed E-state index contributed by atoms with van der Waals surface area (Å²) in [7, 11) is 0. The summed E-state index contributed by atoms with van der Waals surface area (Å²) in [4.78, 5) is 8.25. The van der Waals surface area contributed by atoms with E-state index in [1.807, 2.05) is 12.3 Å². The summed E-state index contributed by atoms with van der Waals surface area (Å²) in [6.45, 7) is 4.55. The van der Waals surface area contributed by atoms with E-state index in [4.69, 9.17) is 26.8 Å². The van der Waals surface area contributed by atoms with E-state index in [2.05, 4.69) is 54.4 Å². The summed E-state index contributed by atoms with van der Waals surface area (Å²) in [5, 5.41) is 21.4. The van der Waals surface area contributed by atoms with Gasteiger partial charge in [0.05, 0.1) is 5.09 Å². The van der Waals surface area contributed by atoms with Crippen molar-refractivity contribution in [2.45, 2.75) is 26.2 Å². The molecule has 8 heteroatoms. The second kappa shape index (κ2) is 9.29. The predicted octanol–water partition coefficient (Wildman–Crippen LogP) is 0.473. The maximum atomic E-state index is 8.25. The maximum Gasteiger partial charge on any atom is 0.256 e. The van der Waals surface area contributed by atoms with E-state index in [0.29, 0.717) is 17.8 Å². The normalized spacial score (nSPS) is 22.9. The maximum absolute atomic E-state index is 8.25. The van der Waals surface area contributed by atoms with Crippen molar-refractivity contribution in [2.75, 3.05) is 0 Å². The average Bonchev–Trinajstić information content (AvgIpc) is 2.50. The number of hydrogen-bond acceptors (Lipinski definition) is 4. The van der Waals surface area contributed by atoms with Gasteiger partial charge in [0.25, 0.3) is 5.96 Å². The Morgan fingerprint density at radius 3 is 2.42 bits per heavy atom. The van der Waals surface area contributed by atoms with E-state index in [1.54, 1.807) is 0 Å². The van der Waals surface area contributed by atoms with E-state index in [-0.39, 0.29) is 5.96 Å². The van der Waals surface area contributed by atoms with Crippen LogP contribution < -0.4 is 16.6 Å². The van der Waals surface area contributed by atoms with Crippen LogP contribution in [-0.2, 0) is 0 Å². The highest BCUT2D eigenvalue weighted by molar-refractivity contribution is 5.78. The van der Waals surface area contributed by atoms with Gasteiger partial charge in [0.1, 0.15) is 0 Å². The fourth-order valence-corrected chi connectivity index (χ4v) is 2.65. The zero-order valence-electron chi connectivity index (χ0n) is 13.8. The van der Waals surface area contributed by atoms with Gasteiger partial charge in [-0.25, -0.2) is 0 Å². The van der Waals surface area contributed by atoms with Crippen molar-refractivity contribution in [1.29, 1.82) is 0 Å².